The highest BCUT2D eigenvalue weighted by molar-refractivity contribution is 7.14. The zero-order valence-electron chi connectivity index (χ0n) is 24.8. The molecule has 5 aromatic rings. The second kappa shape index (κ2) is 14.5. The molecule has 5 rings (SSSR count). The molecule has 0 bridgehead atoms. The number of hydrogen-bond acceptors (Lipinski definition) is 8. The summed E-state index contributed by atoms with van der Waals surface area (Å²) in [6.45, 7) is 3.76. The van der Waals surface area contributed by atoms with Crippen molar-refractivity contribution in [3.05, 3.63) is 118 Å². The van der Waals surface area contributed by atoms with Crippen LogP contribution in [0.25, 0.3) is 11.3 Å². The number of halogens is 1. The lowest BCUT2D eigenvalue weighted by Crippen LogP contribution is -2.21. The Morgan fingerprint density at radius 3 is 2.51 bits per heavy atom. The number of aryl methyl sites for hydroxylation is 1. The highest BCUT2D eigenvalue weighted by atomic mass is 35.5. The first-order valence-electron chi connectivity index (χ1n) is 13.9. The predicted molar refractivity (Wildman–Crippen MR) is 180 cm³/mol. The quantitative estimate of drug-likeness (QED) is 0.101. The van der Waals surface area contributed by atoms with E-state index in [1.165, 1.54) is 24.7 Å². The van der Waals surface area contributed by atoms with Gasteiger partial charge in [0.25, 0.3) is 11.8 Å². The van der Waals surface area contributed by atoms with Crippen LogP contribution in [-0.4, -0.2) is 36.7 Å². The molecule has 0 spiro atoms. The minimum atomic E-state index is -0.358. The number of thiazole rings is 1. The van der Waals surface area contributed by atoms with Gasteiger partial charge in [-0.05, 0) is 91.2 Å². The van der Waals surface area contributed by atoms with Crippen molar-refractivity contribution >= 4 is 57.5 Å². The minimum absolute atomic E-state index is 0.185. The number of amides is 2. The van der Waals surface area contributed by atoms with Crippen LogP contribution < -0.4 is 25.5 Å². The van der Waals surface area contributed by atoms with Crippen molar-refractivity contribution in [1.29, 1.82) is 0 Å². The summed E-state index contributed by atoms with van der Waals surface area (Å²) in [5.74, 6) is 0.189. The molecular weight excluding hydrogens is 610 g/mol. The summed E-state index contributed by atoms with van der Waals surface area (Å²) >= 11 is 7.43. The summed E-state index contributed by atoms with van der Waals surface area (Å²) in [5, 5.41) is 13.6. The van der Waals surface area contributed by atoms with Crippen LogP contribution in [0.3, 0.4) is 0 Å². The highest BCUT2D eigenvalue weighted by Gasteiger charge is 2.11. The van der Waals surface area contributed by atoms with Crippen LogP contribution in [0.15, 0.2) is 95.4 Å². The molecule has 11 heteroatoms. The predicted octanol–water partition coefficient (Wildman–Crippen LogP) is 7.61. The maximum Gasteiger partial charge on any atom is 0.271 e. The molecule has 9 nitrogen and oxygen atoms in total. The summed E-state index contributed by atoms with van der Waals surface area (Å²) < 4.78 is 11.1. The Kier molecular flexibility index (Phi) is 10.1. The van der Waals surface area contributed by atoms with E-state index in [1.807, 2.05) is 73.8 Å². The molecule has 45 heavy (non-hydrogen) atoms. The average Bonchev–Trinajstić information content (AvgIpc) is 3.52. The molecule has 1 aromatic heterocycles. The number of nitrogens with zero attached hydrogens (tertiary/aromatic N) is 2. The van der Waals surface area contributed by atoms with Gasteiger partial charge in [0, 0.05) is 32.9 Å². The van der Waals surface area contributed by atoms with E-state index in [2.05, 4.69) is 26.1 Å². The van der Waals surface area contributed by atoms with Gasteiger partial charge in [-0.25, -0.2) is 10.4 Å². The van der Waals surface area contributed by atoms with E-state index in [4.69, 9.17) is 21.1 Å². The monoisotopic (exact) mass is 639 g/mol. The summed E-state index contributed by atoms with van der Waals surface area (Å²) in [5.41, 5.74) is 9.07. The smallest absolute Gasteiger partial charge is 0.271 e. The van der Waals surface area contributed by atoms with Gasteiger partial charge >= 0.3 is 0 Å². The Labute approximate surface area is 269 Å². The lowest BCUT2D eigenvalue weighted by Gasteiger charge is -2.13. The van der Waals surface area contributed by atoms with Crippen LogP contribution in [0, 0.1) is 13.8 Å². The number of benzene rings is 4. The molecule has 0 saturated heterocycles. The number of methoxy groups -OCH3 is 1. The standard InChI is InChI=1S/C34H30ClN5O4S/c1-21-5-4-6-28(22(21)2)38-32(41)19-44-30-16-7-23(17-31(30)43-3)18-36-40-33(42)25-10-8-24(9-11-25)29-20-45-34(39-29)37-27-14-12-26(35)13-15-27/h4-18,20H,19H2,1-3H3,(H,37,39)(H,38,41)(H,40,42)/b36-18-. The van der Waals surface area contributed by atoms with Gasteiger partial charge in [-0.1, -0.05) is 35.9 Å². The van der Waals surface area contributed by atoms with Crippen molar-refractivity contribution in [2.75, 3.05) is 24.4 Å². The number of hydrogen-bond donors (Lipinski definition) is 3. The zero-order valence-corrected chi connectivity index (χ0v) is 26.3. The minimum Gasteiger partial charge on any atom is -0.493 e. The Bertz CT molecular complexity index is 1840. The number of ether oxygens (including phenoxy) is 2. The largest absolute Gasteiger partial charge is 0.493 e. The fourth-order valence-corrected chi connectivity index (χ4v) is 5.11. The van der Waals surface area contributed by atoms with Crippen molar-refractivity contribution < 1.29 is 19.1 Å². The van der Waals surface area contributed by atoms with Gasteiger partial charge in [-0.2, -0.15) is 5.10 Å². The van der Waals surface area contributed by atoms with Crippen molar-refractivity contribution in [2.45, 2.75) is 13.8 Å². The Morgan fingerprint density at radius 2 is 1.76 bits per heavy atom. The lowest BCUT2D eigenvalue weighted by atomic mass is 10.1. The van der Waals surface area contributed by atoms with E-state index >= 15 is 0 Å². The van der Waals surface area contributed by atoms with Crippen LogP contribution >= 0.6 is 22.9 Å². The first-order chi connectivity index (χ1) is 21.8. The van der Waals surface area contributed by atoms with E-state index in [9.17, 15) is 9.59 Å². The summed E-state index contributed by atoms with van der Waals surface area (Å²) in [6, 6.07) is 25.4. The third-order valence-electron chi connectivity index (χ3n) is 6.85. The molecule has 4 aromatic carbocycles. The molecule has 1 heterocycles. The van der Waals surface area contributed by atoms with E-state index in [-0.39, 0.29) is 18.4 Å². The normalized spacial score (nSPS) is 10.8. The number of hydrazone groups is 1. The van der Waals surface area contributed by atoms with Gasteiger partial charge in [-0.3, -0.25) is 9.59 Å². The lowest BCUT2D eigenvalue weighted by molar-refractivity contribution is -0.118. The van der Waals surface area contributed by atoms with E-state index in [0.717, 1.165) is 38.9 Å². The molecule has 0 atom stereocenters. The first kappa shape index (κ1) is 31.2. The van der Waals surface area contributed by atoms with Crippen LogP contribution in [0.2, 0.25) is 5.02 Å². The van der Waals surface area contributed by atoms with E-state index < -0.39 is 0 Å². The first-order valence-corrected chi connectivity index (χ1v) is 15.1. The fourth-order valence-electron chi connectivity index (χ4n) is 4.24. The fraction of sp³-hybridized carbons (Fsp3) is 0.118. The number of carbonyl (C=O) groups excluding carboxylic acids is 2. The molecule has 0 aliphatic rings. The zero-order chi connectivity index (χ0) is 31.8. The third-order valence-corrected chi connectivity index (χ3v) is 7.86. The number of rotatable bonds is 11. The molecule has 0 unspecified atom stereocenters. The van der Waals surface area contributed by atoms with E-state index in [1.54, 1.807) is 30.3 Å². The molecule has 2 amide bonds. The summed E-state index contributed by atoms with van der Waals surface area (Å²) in [6.07, 6.45) is 1.50. The number of anilines is 3. The highest BCUT2D eigenvalue weighted by Crippen LogP contribution is 2.29. The molecule has 0 saturated carbocycles. The second-order valence-electron chi connectivity index (χ2n) is 9.94. The molecule has 0 aliphatic heterocycles. The van der Waals surface area contributed by atoms with Crippen LogP contribution in [-0.2, 0) is 4.79 Å². The van der Waals surface area contributed by atoms with Crippen LogP contribution in [0.4, 0.5) is 16.5 Å². The topological polar surface area (TPSA) is 114 Å². The van der Waals surface area contributed by atoms with Gasteiger partial charge in [-0.15, -0.1) is 11.3 Å². The Morgan fingerprint density at radius 1 is 0.978 bits per heavy atom. The molecular formula is C34H30ClN5O4S. The van der Waals surface area contributed by atoms with Gasteiger partial charge in [0.15, 0.2) is 23.2 Å². The number of carbonyl (C=O) groups is 2. The maximum absolute atomic E-state index is 12.7. The van der Waals surface area contributed by atoms with Crippen LogP contribution in [0.5, 0.6) is 11.5 Å². The molecule has 228 valence electrons. The number of nitrogens with one attached hydrogen (secondary N) is 3. The van der Waals surface area contributed by atoms with Gasteiger partial charge in [0.2, 0.25) is 0 Å². The van der Waals surface area contributed by atoms with Gasteiger partial charge < -0.3 is 20.1 Å². The Hall–Kier alpha value is -5.19. The van der Waals surface area contributed by atoms with E-state index in [0.29, 0.717) is 27.6 Å². The maximum atomic E-state index is 12.7. The van der Waals surface area contributed by atoms with Crippen molar-refractivity contribution in [3.8, 4) is 22.8 Å². The summed E-state index contributed by atoms with van der Waals surface area (Å²) in [7, 11) is 1.51. The molecule has 0 aliphatic carbocycles. The van der Waals surface area contributed by atoms with Gasteiger partial charge in [0.05, 0.1) is 19.0 Å². The molecule has 3 N–H and O–H groups in total. The summed E-state index contributed by atoms with van der Waals surface area (Å²) in [4.78, 5) is 29.8. The molecule has 0 radical (unpaired) electrons. The third kappa shape index (κ3) is 8.26. The van der Waals surface area contributed by atoms with Crippen LogP contribution in [0.1, 0.15) is 27.0 Å². The number of aromatic nitrogens is 1. The SMILES string of the molecule is COc1cc(/C=N\NC(=O)c2ccc(-c3csc(Nc4ccc(Cl)cc4)n3)cc2)ccc1OCC(=O)Nc1cccc(C)c1C. The average molecular weight is 640 g/mol. The second-order valence-corrected chi connectivity index (χ2v) is 11.2. The van der Waals surface area contributed by atoms with Crippen molar-refractivity contribution in [1.82, 2.24) is 10.4 Å². The molecule has 0 fully saturated rings. The van der Waals surface area contributed by atoms with Crippen molar-refractivity contribution in [2.24, 2.45) is 5.10 Å². The Balaban J connectivity index is 1.13. The van der Waals surface area contributed by atoms with Crippen molar-refractivity contribution in [3.63, 3.8) is 0 Å². The van der Waals surface area contributed by atoms with Gasteiger partial charge in [0.1, 0.15) is 0 Å².